The first-order valence-corrected chi connectivity index (χ1v) is 5.52. The van der Waals surface area contributed by atoms with Gasteiger partial charge in [-0.25, -0.2) is 5.84 Å². The standard InChI is InChI=1S/C9H12ClN3OS/c1-5(9(14)13-12)15-8-4-6(11)2-3-7(8)10/h2-5H,11-12H2,1H3,(H,13,14). The molecule has 0 saturated carbocycles. The predicted octanol–water partition coefficient (Wildman–Crippen LogP) is 1.39. The first-order chi connectivity index (χ1) is 7.04. The van der Waals surface area contributed by atoms with Gasteiger partial charge in [0.1, 0.15) is 0 Å². The van der Waals surface area contributed by atoms with Crippen molar-refractivity contribution in [1.29, 1.82) is 0 Å². The summed E-state index contributed by atoms with van der Waals surface area (Å²) >= 11 is 7.26. The van der Waals surface area contributed by atoms with E-state index in [4.69, 9.17) is 23.2 Å². The van der Waals surface area contributed by atoms with Crippen molar-refractivity contribution in [3.63, 3.8) is 0 Å². The SMILES string of the molecule is CC(Sc1cc(N)ccc1Cl)C(=O)NN. The van der Waals surface area contributed by atoms with Crippen LogP contribution in [0, 0.1) is 0 Å². The Morgan fingerprint density at radius 1 is 1.60 bits per heavy atom. The third-order valence-electron chi connectivity index (χ3n) is 1.77. The van der Waals surface area contributed by atoms with Gasteiger partial charge in [-0.05, 0) is 25.1 Å². The van der Waals surface area contributed by atoms with Gasteiger partial charge in [-0.3, -0.25) is 10.2 Å². The molecule has 0 bridgehead atoms. The normalized spacial score (nSPS) is 12.2. The highest BCUT2D eigenvalue weighted by atomic mass is 35.5. The molecule has 0 aliphatic carbocycles. The second kappa shape index (κ2) is 5.25. The van der Waals surface area contributed by atoms with E-state index in [1.807, 2.05) is 0 Å². The summed E-state index contributed by atoms with van der Waals surface area (Å²) in [6.45, 7) is 1.74. The molecule has 1 amide bonds. The molecule has 0 saturated heterocycles. The van der Waals surface area contributed by atoms with Crippen LogP contribution in [0.25, 0.3) is 0 Å². The molecule has 1 aromatic carbocycles. The fourth-order valence-corrected chi connectivity index (χ4v) is 2.16. The summed E-state index contributed by atoms with van der Waals surface area (Å²) in [7, 11) is 0. The lowest BCUT2D eigenvalue weighted by atomic mass is 10.3. The molecule has 0 aliphatic rings. The first kappa shape index (κ1) is 12.2. The largest absolute Gasteiger partial charge is 0.399 e. The zero-order valence-electron chi connectivity index (χ0n) is 8.16. The second-order valence-corrected chi connectivity index (χ2v) is 4.75. The van der Waals surface area contributed by atoms with Gasteiger partial charge in [-0.2, -0.15) is 0 Å². The molecule has 15 heavy (non-hydrogen) atoms. The number of rotatable bonds is 3. The van der Waals surface area contributed by atoms with E-state index < -0.39 is 0 Å². The third-order valence-corrected chi connectivity index (χ3v) is 3.37. The van der Waals surface area contributed by atoms with Crippen molar-refractivity contribution in [3.8, 4) is 0 Å². The molecule has 0 aromatic heterocycles. The maximum Gasteiger partial charge on any atom is 0.247 e. The molecule has 6 heteroatoms. The van der Waals surface area contributed by atoms with Crippen LogP contribution in [0.5, 0.6) is 0 Å². The fraction of sp³-hybridized carbons (Fsp3) is 0.222. The van der Waals surface area contributed by atoms with Crippen molar-refractivity contribution in [2.45, 2.75) is 17.1 Å². The number of thioether (sulfide) groups is 1. The van der Waals surface area contributed by atoms with Gasteiger partial charge in [0.15, 0.2) is 0 Å². The number of hydrogen-bond acceptors (Lipinski definition) is 4. The van der Waals surface area contributed by atoms with Crippen molar-refractivity contribution < 1.29 is 4.79 Å². The van der Waals surface area contributed by atoms with Gasteiger partial charge in [0.25, 0.3) is 0 Å². The summed E-state index contributed by atoms with van der Waals surface area (Å²) < 4.78 is 0. The zero-order chi connectivity index (χ0) is 11.4. The molecule has 4 nitrogen and oxygen atoms in total. The van der Waals surface area contributed by atoms with Crippen LogP contribution in [0.2, 0.25) is 5.02 Å². The molecule has 5 N–H and O–H groups in total. The molecule has 0 heterocycles. The minimum Gasteiger partial charge on any atom is -0.399 e. The monoisotopic (exact) mass is 245 g/mol. The summed E-state index contributed by atoms with van der Waals surface area (Å²) in [5, 5.41) is 0.264. The van der Waals surface area contributed by atoms with Gasteiger partial charge in [0, 0.05) is 10.6 Å². The highest BCUT2D eigenvalue weighted by molar-refractivity contribution is 8.00. The Kier molecular flexibility index (Phi) is 4.26. The molecule has 1 rings (SSSR count). The Morgan fingerprint density at radius 3 is 2.87 bits per heavy atom. The van der Waals surface area contributed by atoms with Crippen molar-refractivity contribution in [3.05, 3.63) is 23.2 Å². The Bertz CT molecular complexity index is 372. The van der Waals surface area contributed by atoms with Gasteiger partial charge in [-0.1, -0.05) is 11.6 Å². The van der Waals surface area contributed by atoms with Gasteiger partial charge in [0.2, 0.25) is 5.91 Å². The molecular weight excluding hydrogens is 234 g/mol. The van der Waals surface area contributed by atoms with E-state index in [-0.39, 0.29) is 11.2 Å². The minimum atomic E-state index is -0.311. The van der Waals surface area contributed by atoms with Crippen molar-refractivity contribution in [2.24, 2.45) is 5.84 Å². The summed E-state index contributed by atoms with van der Waals surface area (Å²) in [6, 6.07) is 5.14. The highest BCUT2D eigenvalue weighted by Crippen LogP contribution is 2.31. The van der Waals surface area contributed by atoms with E-state index in [2.05, 4.69) is 5.43 Å². The minimum absolute atomic E-state index is 0.251. The summed E-state index contributed by atoms with van der Waals surface area (Å²) in [4.78, 5) is 12.0. The number of nitrogens with one attached hydrogen (secondary N) is 1. The summed E-state index contributed by atoms with van der Waals surface area (Å²) in [6.07, 6.45) is 0. The van der Waals surface area contributed by atoms with E-state index in [9.17, 15) is 4.79 Å². The van der Waals surface area contributed by atoms with Crippen molar-refractivity contribution in [2.75, 3.05) is 5.73 Å². The number of benzene rings is 1. The van der Waals surface area contributed by atoms with Crippen LogP contribution in [-0.4, -0.2) is 11.2 Å². The highest BCUT2D eigenvalue weighted by Gasteiger charge is 2.14. The van der Waals surface area contributed by atoms with Gasteiger partial charge in [0.05, 0.1) is 10.3 Å². The lowest BCUT2D eigenvalue weighted by Crippen LogP contribution is -2.36. The van der Waals surface area contributed by atoms with Crippen molar-refractivity contribution >= 4 is 35.0 Å². The fourth-order valence-electron chi connectivity index (χ4n) is 0.972. The lowest BCUT2D eigenvalue weighted by Gasteiger charge is -2.10. The van der Waals surface area contributed by atoms with Crippen LogP contribution < -0.4 is 17.0 Å². The number of hydrogen-bond donors (Lipinski definition) is 3. The average Bonchev–Trinajstić information content (AvgIpc) is 2.22. The smallest absolute Gasteiger partial charge is 0.247 e. The second-order valence-electron chi connectivity index (χ2n) is 2.96. The number of halogens is 1. The lowest BCUT2D eigenvalue weighted by molar-refractivity contribution is -0.120. The Morgan fingerprint density at radius 2 is 2.27 bits per heavy atom. The van der Waals surface area contributed by atoms with Crippen LogP contribution >= 0.6 is 23.4 Å². The average molecular weight is 246 g/mol. The predicted molar refractivity (Wildman–Crippen MR) is 63.5 cm³/mol. The maximum atomic E-state index is 11.2. The number of nitrogen functional groups attached to an aromatic ring is 1. The van der Waals surface area contributed by atoms with Gasteiger partial charge >= 0.3 is 0 Å². The van der Waals surface area contributed by atoms with Crippen LogP contribution in [0.15, 0.2) is 23.1 Å². The molecule has 0 spiro atoms. The number of nitrogens with two attached hydrogens (primary N) is 2. The number of amides is 1. The molecule has 82 valence electrons. The molecule has 0 aliphatic heterocycles. The molecule has 1 aromatic rings. The van der Waals surface area contributed by atoms with E-state index in [0.29, 0.717) is 10.7 Å². The van der Waals surface area contributed by atoms with Crippen LogP contribution in [-0.2, 0) is 4.79 Å². The van der Waals surface area contributed by atoms with E-state index >= 15 is 0 Å². The number of carbonyl (C=O) groups is 1. The topological polar surface area (TPSA) is 81.1 Å². The van der Waals surface area contributed by atoms with Crippen LogP contribution in [0.1, 0.15) is 6.92 Å². The number of carbonyl (C=O) groups excluding carboxylic acids is 1. The van der Waals surface area contributed by atoms with E-state index in [0.717, 1.165) is 4.90 Å². The Labute approximate surface area is 97.3 Å². The summed E-state index contributed by atoms with van der Waals surface area (Å²) in [5.74, 6) is 4.77. The molecular formula is C9H12ClN3OS. The number of hydrazine groups is 1. The molecule has 0 radical (unpaired) electrons. The summed E-state index contributed by atoms with van der Waals surface area (Å²) in [5.41, 5.74) is 8.31. The zero-order valence-corrected chi connectivity index (χ0v) is 9.73. The molecule has 1 unspecified atom stereocenters. The van der Waals surface area contributed by atoms with Crippen LogP contribution in [0.3, 0.4) is 0 Å². The first-order valence-electron chi connectivity index (χ1n) is 4.26. The molecule has 0 fully saturated rings. The van der Waals surface area contributed by atoms with Crippen LogP contribution in [0.4, 0.5) is 5.69 Å². The quantitative estimate of drug-likeness (QED) is 0.247. The maximum absolute atomic E-state index is 11.2. The number of anilines is 1. The van der Waals surface area contributed by atoms with E-state index in [1.54, 1.807) is 25.1 Å². The van der Waals surface area contributed by atoms with Crippen molar-refractivity contribution in [1.82, 2.24) is 5.43 Å². The van der Waals surface area contributed by atoms with Gasteiger partial charge < -0.3 is 5.73 Å². The van der Waals surface area contributed by atoms with E-state index in [1.165, 1.54) is 11.8 Å². The Balaban J connectivity index is 2.80. The molecule has 1 atom stereocenters. The Hall–Kier alpha value is -0.910. The third kappa shape index (κ3) is 3.30. The van der Waals surface area contributed by atoms with Gasteiger partial charge in [-0.15, -0.1) is 11.8 Å².